The van der Waals surface area contributed by atoms with Gasteiger partial charge in [0.05, 0.1) is 0 Å². The van der Waals surface area contributed by atoms with Gasteiger partial charge in [0.1, 0.15) is 0 Å². The Kier molecular flexibility index (Phi) is 4.26. The molecule has 8 heteroatoms. The Morgan fingerprint density at radius 3 is 2.27 bits per heavy atom. The molecule has 0 spiro atoms. The van der Waals surface area contributed by atoms with Crippen LogP contribution in [-0.4, -0.2) is 43.4 Å². The molecular formula is C18H20N2O6. The van der Waals surface area contributed by atoms with Crippen LogP contribution in [0.5, 0.6) is 0 Å². The smallest absolute Gasteiger partial charge is 0.357 e. The minimum atomic E-state index is -3.87. The van der Waals surface area contributed by atoms with E-state index >= 15 is 0 Å². The summed E-state index contributed by atoms with van der Waals surface area (Å²) in [6.45, 7) is 3.71. The predicted octanol–water partition coefficient (Wildman–Crippen LogP) is 0.326. The van der Waals surface area contributed by atoms with Gasteiger partial charge in [-0.15, -0.1) is 0 Å². The largest absolute Gasteiger partial charge is 0.449 e. The van der Waals surface area contributed by atoms with Crippen LogP contribution in [0.1, 0.15) is 23.6 Å². The molecule has 1 aliphatic rings. The van der Waals surface area contributed by atoms with E-state index in [-0.39, 0.29) is 0 Å². The maximum Gasteiger partial charge on any atom is 0.357 e. The van der Waals surface area contributed by atoms with Crippen LogP contribution in [0.4, 0.5) is 5.69 Å². The van der Waals surface area contributed by atoms with E-state index in [9.17, 15) is 10.2 Å². The summed E-state index contributed by atoms with van der Waals surface area (Å²) in [4.78, 5) is 3.33. The fourth-order valence-electron chi connectivity index (χ4n) is 2.79. The third-order valence-corrected chi connectivity index (χ3v) is 4.26. The first-order chi connectivity index (χ1) is 12.0. The van der Waals surface area contributed by atoms with Crippen molar-refractivity contribution in [2.45, 2.75) is 31.3 Å². The van der Waals surface area contributed by atoms with Gasteiger partial charge in [-0.3, -0.25) is 0 Å². The van der Waals surface area contributed by atoms with Gasteiger partial charge in [-0.2, -0.15) is 4.99 Å². The molecule has 0 radical (unpaired) electrons. The fraction of sp³-hybridized carbons (Fsp3) is 0.278. The topological polar surface area (TPSA) is 135 Å². The maximum absolute atomic E-state index is 9.63. The summed E-state index contributed by atoms with van der Waals surface area (Å²) >= 11 is 0. The second-order valence-corrected chi connectivity index (χ2v) is 6.36. The van der Waals surface area contributed by atoms with Gasteiger partial charge >= 0.3 is 11.9 Å². The van der Waals surface area contributed by atoms with Crippen LogP contribution in [0.2, 0.25) is 0 Å². The van der Waals surface area contributed by atoms with Crippen molar-refractivity contribution in [1.82, 2.24) is 0 Å². The first kappa shape index (κ1) is 18.3. The normalized spacial score (nSPS) is 21.7. The highest BCUT2D eigenvalue weighted by atomic mass is 16.7. The van der Waals surface area contributed by atoms with Gasteiger partial charge in [0.2, 0.25) is 0 Å². The van der Waals surface area contributed by atoms with Gasteiger partial charge in [0, 0.05) is 11.3 Å². The average molecular weight is 360 g/mol. The number of anilines is 1. The summed E-state index contributed by atoms with van der Waals surface area (Å²) in [7, 11) is 0. The monoisotopic (exact) mass is 360 g/mol. The first-order valence-electron chi connectivity index (χ1n) is 7.87. The van der Waals surface area contributed by atoms with Crippen LogP contribution in [0, 0.1) is 6.92 Å². The molecule has 1 unspecified atom stereocenters. The van der Waals surface area contributed by atoms with Gasteiger partial charge < -0.3 is 35.6 Å². The van der Waals surface area contributed by atoms with E-state index in [1.165, 1.54) is 0 Å². The molecule has 0 aliphatic carbocycles. The number of hydrogen-bond donors (Lipinski definition) is 6. The second-order valence-electron chi connectivity index (χ2n) is 6.36. The van der Waals surface area contributed by atoms with Crippen molar-refractivity contribution in [3.8, 4) is 0 Å². The lowest BCUT2D eigenvalue weighted by Gasteiger charge is -2.39. The van der Waals surface area contributed by atoms with Gasteiger partial charge in [-0.25, -0.2) is 0 Å². The Labute approximate surface area is 149 Å². The number of amidine groups is 1. The number of nitrogens with one attached hydrogen (secondary N) is 1. The number of aliphatic hydroxyl groups is 5. The molecule has 0 amide bonds. The molecule has 2 aromatic rings. The zero-order chi connectivity index (χ0) is 19.2. The van der Waals surface area contributed by atoms with E-state index in [1.54, 1.807) is 13.0 Å². The highest BCUT2D eigenvalue weighted by molar-refractivity contribution is 5.93. The lowest BCUT2D eigenvalue weighted by Crippen LogP contribution is -2.54. The van der Waals surface area contributed by atoms with Crippen LogP contribution in [0.25, 0.3) is 0 Å². The van der Waals surface area contributed by atoms with E-state index in [0.29, 0.717) is 5.69 Å². The third-order valence-electron chi connectivity index (χ3n) is 4.26. The molecule has 138 valence electrons. The molecular weight excluding hydrogens is 340 g/mol. The van der Waals surface area contributed by atoms with E-state index < -0.39 is 23.5 Å². The van der Waals surface area contributed by atoms with Crippen molar-refractivity contribution in [3.63, 3.8) is 0 Å². The molecule has 1 atom stereocenters. The van der Waals surface area contributed by atoms with Crippen LogP contribution in [0.3, 0.4) is 0 Å². The van der Waals surface area contributed by atoms with Gasteiger partial charge in [0.15, 0.2) is 5.60 Å². The van der Waals surface area contributed by atoms with Crippen molar-refractivity contribution in [2.75, 3.05) is 5.32 Å². The Bertz CT molecular complexity index is 845. The molecule has 0 fully saturated rings. The first-order valence-corrected chi connectivity index (χ1v) is 7.87. The Hall–Kier alpha value is -2.49. The quantitative estimate of drug-likeness (QED) is 0.434. The molecule has 1 aliphatic heterocycles. The molecule has 0 aromatic heterocycles. The van der Waals surface area contributed by atoms with Gasteiger partial charge in [0.25, 0.3) is 6.02 Å². The summed E-state index contributed by atoms with van der Waals surface area (Å²) in [5, 5.41) is 49.2. The standard InChI is InChI=1S/C18H20N2O6/c1-11-8-9-14-13(10-11)16(2,12-6-4-3-5-7-12)26-15(19-14)20-17(21,22)18(23,24)25/h3-10,21-25H,1-2H3,(H,19,20). The number of aliphatic imine (C=N–C) groups is 1. The summed E-state index contributed by atoms with van der Waals surface area (Å²) in [5.74, 6) is -7.48. The second kappa shape index (κ2) is 6.04. The summed E-state index contributed by atoms with van der Waals surface area (Å²) < 4.78 is 5.86. The Balaban J connectivity index is 2.15. The zero-order valence-corrected chi connectivity index (χ0v) is 14.2. The van der Waals surface area contributed by atoms with Crippen LogP contribution in [-0.2, 0) is 10.3 Å². The molecule has 0 bridgehead atoms. The molecule has 8 nitrogen and oxygen atoms in total. The van der Waals surface area contributed by atoms with E-state index in [1.807, 2.05) is 49.4 Å². The molecule has 0 saturated carbocycles. The van der Waals surface area contributed by atoms with Crippen molar-refractivity contribution >= 4 is 11.7 Å². The lowest BCUT2D eigenvalue weighted by atomic mass is 9.85. The minimum Gasteiger partial charge on any atom is -0.449 e. The van der Waals surface area contributed by atoms with Crippen molar-refractivity contribution in [3.05, 3.63) is 65.2 Å². The molecule has 0 saturated heterocycles. The minimum absolute atomic E-state index is 0.403. The number of hydrogen-bond acceptors (Lipinski definition) is 7. The van der Waals surface area contributed by atoms with E-state index in [2.05, 4.69) is 10.3 Å². The Morgan fingerprint density at radius 1 is 1.00 bits per heavy atom. The number of rotatable bonds is 3. The highest BCUT2D eigenvalue weighted by Gasteiger charge is 2.49. The van der Waals surface area contributed by atoms with Gasteiger partial charge in [-0.05, 0) is 31.5 Å². The lowest BCUT2D eigenvalue weighted by molar-refractivity contribution is -0.443. The Morgan fingerprint density at radius 2 is 1.65 bits per heavy atom. The van der Waals surface area contributed by atoms with E-state index in [4.69, 9.17) is 20.1 Å². The fourth-order valence-corrected chi connectivity index (χ4v) is 2.79. The summed E-state index contributed by atoms with van der Waals surface area (Å²) in [5.41, 5.74) is 2.09. The zero-order valence-electron chi connectivity index (χ0n) is 14.2. The molecule has 1 heterocycles. The van der Waals surface area contributed by atoms with E-state index in [0.717, 1.165) is 16.7 Å². The van der Waals surface area contributed by atoms with Crippen molar-refractivity contribution in [2.24, 2.45) is 4.99 Å². The van der Waals surface area contributed by atoms with Crippen molar-refractivity contribution in [1.29, 1.82) is 0 Å². The number of nitrogens with zero attached hydrogens (tertiary/aromatic N) is 1. The maximum atomic E-state index is 9.63. The van der Waals surface area contributed by atoms with Crippen molar-refractivity contribution < 1.29 is 30.3 Å². The third kappa shape index (κ3) is 3.16. The van der Waals surface area contributed by atoms with Gasteiger partial charge in [-0.1, -0.05) is 42.0 Å². The predicted molar refractivity (Wildman–Crippen MR) is 92.8 cm³/mol. The molecule has 2 aromatic carbocycles. The number of aryl methyl sites for hydroxylation is 1. The molecule has 6 N–H and O–H groups in total. The molecule has 26 heavy (non-hydrogen) atoms. The van der Waals surface area contributed by atoms with Crippen LogP contribution < -0.4 is 5.32 Å². The van der Waals surface area contributed by atoms with Crippen LogP contribution in [0.15, 0.2) is 53.5 Å². The summed E-state index contributed by atoms with van der Waals surface area (Å²) in [6.07, 6.45) is 0. The molecule has 3 rings (SSSR count). The number of ether oxygens (including phenoxy) is 1. The number of benzene rings is 2. The summed E-state index contributed by atoms with van der Waals surface area (Å²) in [6, 6.07) is 14.3. The average Bonchev–Trinajstić information content (AvgIpc) is 2.55. The van der Waals surface area contributed by atoms with Crippen LogP contribution >= 0.6 is 0 Å². The number of fused-ring (bicyclic) bond motifs is 1. The highest BCUT2D eigenvalue weighted by Crippen LogP contribution is 2.41. The SMILES string of the molecule is Cc1ccc2c(c1)C(C)(c1ccccc1)O/C(=N\C(O)(O)C(O)(O)O)N2.